The maximum absolute atomic E-state index is 9.18. The molecule has 6 heteroatoms. The number of rotatable bonds is 3. The fourth-order valence-corrected chi connectivity index (χ4v) is 4.24. The summed E-state index contributed by atoms with van der Waals surface area (Å²) in [7, 11) is 1.58. The van der Waals surface area contributed by atoms with Crippen LogP contribution in [0.15, 0.2) is 34.3 Å². The van der Waals surface area contributed by atoms with E-state index in [1.165, 1.54) is 0 Å². The summed E-state index contributed by atoms with van der Waals surface area (Å²) in [4.78, 5) is 13.1. The summed E-state index contributed by atoms with van der Waals surface area (Å²) in [5, 5.41) is 12.1. The van der Waals surface area contributed by atoms with Crippen molar-refractivity contribution in [2.45, 2.75) is 32.7 Å². The number of hydrogen-bond donors (Lipinski definition) is 0. The third-order valence-electron chi connectivity index (χ3n) is 4.47. The van der Waals surface area contributed by atoms with E-state index in [0.717, 1.165) is 33.2 Å². The molecule has 2 unspecified atom stereocenters. The summed E-state index contributed by atoms with van der Waals surface area (Å²) in [6.45, 7) is 13.5. The van der Waals surface area contributed by atoms with E-state index in [1.54, 1.807) is 30.6 Å². The largest absolute Gasteiger partial charge is 0.496 e. The van der Waals surface area contributed by atoms with Crippen LogP contribution in [0.5, 0.6) is 5.75 Å². The summed E-state index contributed by atoms with van der Waals surface area (Å²) in [5.41, 5.74) is 4.96. The van der Waals surface area contributed by atoms with E-state index in [0.29, 0.717) is 11.3 Å². The molecular weight excluding hydrogens is 344 g/mol. The summed E-state index contributed by atoms with van der Waals surface area (Å²) in [6, 6.07) is 7.07. The number of aliphatic imine (C=N–C) groups is 1. The summed E-state index contributed by atoms with van der Waals surface area (Å²) < 4.78 is 5.56. The summed E-state index contributed by atoms with van der Waals surface area (Å²) >= 11 is 1.56. The van der Waals surface area contributed by atoms with E-state index in [4.69, 9.17) is 11.3 Å². The molecule has 0 aliphatic carbocycles. The van der Waals surface area contributed by atoms with E-state index >= 15 is 0 Å². The predicted octanol–water partition coefficient (Wildman–Crippen LogP) is 4.61. The van der Waals surface area contributed by atoms with Crippen LogP contribution >= 0.6 is 11.3 Å². The van der Waals surface area contributed by atoms with Crippen molar-refractivity contribution in [2.24, 2.45) is 4.99 Å². The number of aromatic nitrogens is 1. The minimum atomic E-state index is -0.431. The minimum Gasteiger partial charge on any atom is -0.496 e. The van der Waals surface area contributed by atoms with E-state index in [-0.39, 0.29) is 5.92 Å². The highest BCUT2D eigenvalue weighted by atomic mass is 32.1. The Labute approximate surface area is 157 Å². The molecule has 0 N–H and O–H groups in total. The molecule has 1 aromatic carbocycles. The third-order valence-corrected chi connectivity index (χ3v) is 5.47. The number of nitriles is 1. The van der Waals surface area contributed by atoms with Gasteiger partial charge in [-0.05, 0) is 32.9 Å². The van der Waals surface area contributed by atoms with E-state index in [9.17, 15) is 5.26 Å². The zero-order valence-corrected chi connectivity index (χ0v) is 15.9. The van der Waals surface area contributed by atoms with Crippen molar-refractivity contribution in [2.75, 3.05) is 7.11 Å². The first-order chi connectivity index (χ1) is 12.5. The van der Waals surface area contributed by atoms with Crippen LogP contribution in [0.2, 0.25) is 0 Å². The van der Waals surface area contributed by atoms with Crippen molar-refractivity contribution < 1.29 is 4.74 Å². The molecule has 3 rings (SSSR count). The van der Waals surface area contributed by atoms with E-state index in [2.05, 4.69) is 20.9 Å². The second kappa shape index (κ2) is 7.11. The second-order valence-electron chi connectivity index (χ2n) is 6.17. The highest BCUT2D eigenvalue weighted by Crippen LogP contribution is 2.45. The average Bonchev–Trinajstić information content (AvgIpc) is 3.06. The van der Waals surface area contributed by atoms with Gasteiger partial charge in [-0.25, -0.2) is 11.6 Å². The molecule has 0 fully saturated rings. The first-order valence-electron chi connectivity index (χ1n) is 8.13. The van der Waals surface area contributed by atoms with E-state index in [1.807, 2.05) is 32.2 Å². The molecule has 0 bridgehead atoms. The fourth-order valence-electron chi connectivity index (χ4n) is 3.31. The average molecular weight is 362 g/mol. The summed E-state index contributed by atoms with van der Waals surface area (Å²) in [5.74, 6) is 0.370. The molecule has 0 saturated heterocycles. The van der Waals surface area contributed by atoms with Crippen LogP contribution < -0.4 is 4.74 Å². The third kappa shape index (κ3) is 3.00. The molecule has 0 spiro atoms. The molecule has 130 valence electrons. The van der Waals surface area contributed by atoms with Crippen molar-refractivity contribution in [3.63, 3.8) is 0 Å². The van der Waals surface area contributed by atoms with Crippen molar-refractivity contribution >= 4 is 22.6 Å². The molecular formula is C20H18N4OS. The molecule has 1 aliphatic rings. The Morgan fingerprint density at radius 2 is 2.08 bits per heavy atom. The van der Waals surface area contributed by atoms with Gasteiger partial charge in [0.2, 0.25) is 0 Å². The van der Waals surface area contributed by atoms with Gasteiger partial charge in [0.1, 0.15) is 10.8 Å². The fraction of sp³-hybridized carbons (Fsp3) is 0.300. The van der Waals surface area contributed by atoms with Gasteiger partial charge in [0.15, 0.2) is 0 Å². The van der Waals surface area contributed by atoms with Gasteiger partial charge < -0.3 is 9.58 Å². The lowest BCUT2D eigenvalue weighted by Crippen LogP contribution is -2.28. The zero-order chi connectivity index (χ0) is 18.8. The van der Waals surface area contributed by atoms with Crippen molar-refractivity contribution in [1.82, 2.24) is 4.98 Å². The molecule has 0 radical (unpaired) electrons. The first kappa shape index (κ1) is 17.8. The Morgan fingerprint density at radius 1 is 1.31 bits per heavy atom. The lowest BCUT2D eigenvalue weighted by molar-refractivity contribution is 0.408. The minimum absolute atomic E-state index is 0.238. The molecule has 2 atom stereocenters. The molecule has 26 heavy (non-hydrogen) atoms. The number of nitrogens with zero attached hydrogens (tertiary/aromatic N) is 4. The standard InChI is InChI=1S/C20H18N4OS/c1-11-10-26-20(23-11)17-12(2)24-13(3)19(22-4)18(17)15-7-6-14(9-21)8-16(15)25-5/h6-8,10,18-19H,1-3,5H3. The van der Waals surface area contributed by atoms with Crippen molar-refractivity contribution in [3.8, 4) is 11.8 Å². The molecule has 1 aromatic heterocycles. The van der Waals surface area contributed by atoms with Gasteiger partial charge in [-0.3, -0.25) is 4.99 Å². The lowest BCUT2D eigenvalue weighted by Gasteiger charge is -2.27. The van der Waals surface area contributed by atoms with Crippen LogP contribution in [-0.4, -0.2) is 23.8 Å². The maximum atomic E-state index is 9.18. The SMILES string of the molecule is [C-]#[N+]C1C(C)=NC(C)=C(c2nc(C)cs2)C1c1ccc(C#N)cc1OC. The van der Waals surface area contributed by atoms with Crippen LogP contribution in [0.25, 0.3) is 10.4 Å². The van der Waals surface area contributed by atoms with Gasteiger partial charge in [-0.15, -0.1) is 11.3 Å². The molecule has 0 amide bonds. The van der Waals surface area contributed by atoms with E-state index < -0.39 is 6.04 Å². The second-order valence-corrected chi connectivity index (χ2v) is 7.02. The molecule has 2 heterocycles. The van der Waals surface area contributed by atoms with Gasteiger partial charge in [-0.1, -0.05) is 6.07 Å². The van der Waals surface area contributed by atoms with Crippen LogP contribution in [0.3, 0.4) is 0 Å². The normalized spacial score (nSPS) is 19.5. The molecule has 1 aliphatic heterocycles. The zero-order valence-electron chi connectivity index (χ0n) is 15.1. The Balaban J connectivity index is 2.26. The topological polar surface area (TPSA) is 62.6 Å². The molecule has 5 nitrogen and oxygen atoms in total. The highest BCUT2D eigenvalue weighted by Gasteiger charge is 2.41. The predicted molar refractivity (Wildman–Crippen MR) is 103 cm³/mol. The molecule has 0 saturated carbocycles. The van der Waals surface area contributed by atoms with Gasteiger partial charge >= 0.3 is 0 Å². The van der Waals surface area contributed by atoms with Crippen LogP contribution in [0, 0.1) is 24.8 Å². The molecule has 2 aromatic rings. The summed E-state index contributed by atoms with van der Waals surface area (Å²) in [6.07, 6.45) is 0. The Bertz CT molecular complexity index is 1000. The number of methoxy groups -OCH3 is 1. The Hall–Kier alpha value is -2.96. The van der Waals surface area contributed by atoms with Gasteiger partial charge in [0, 0.05) is 27.9 Å². The smallest absolute Gasteiger partial charge is 0.272 e. The maximum Gasteiger partial charge on any atom is 0.272 e. The van der Waals surface area contributed by atoms with Gasteiger partial charge in [0.05, 0.1) is 30.4 Å². The van der Waals surface area contributed by atoms with Crippen LogP contribution in [-0.2, 0) is 0 Å². The Kier molecular flexibility index (Phi) is 4.88. The van der Waals surface area contributed by atoms with Gasteiger partial charge in [-0.2, -0.15) is 5.26 Å². The lowest BCUT2D eigenvalue weighted by atomic mass is 9.80. The highest BCUT2D eigenvalue weighted by molar-refractivity contribution is 7.10. The van der Waals surface area contributed by atoms with Crippen LogP contribution in [0.1, 0.15) is 41.6 Å². The van der Waals surface area contributed by atoms with Gasteiger partial charge in [0.25, 0.3) is 6.04 Å². The Morgan fingerprint density at radius 3 is 2.65 bits per heavy atom. The number of allylic oxidation sites excluding steroid dienone is 1. The number of ether oxygens (including phenoxy) is 1. The monoisotopic (exact) mass is 362 g/mol. The van der Waals surface area contributed by atoms with Crippen molar-refractivity contribution in [3.05, 3.63) is 62.5 Å². The first-order valence-corrected chi connectivity index (χ1v) is 9.01. The quantitative estimate of drug-likeness (QED) is 0.749. The number of hydrogen-bond acceptors (Lipinski definition) is 5. The van der Waals surface area contributed by atoms with Crippen molar-refractivity contribution in [1.29, 1.82) is 5.26 Å². The number of thiazole rings is 1. The number of benzene rings is 1. The van der Waals surface area contributed by atoms with Crippen LogP contribution in [0.4, 0.5) is 0 Å². The number of aryl methyl sites for hydroxylation is 1.